The lowest BCUT2D eigenvalue weighted by atomic mass is 9.59. The summed E-state index contributed by atoms with van der Waals surface area (Å²) < 4.78 is 10.7. The largest absolute Gasteiger partial charge is 0.468 e. The molecule has 0 saturated heterocycles. The van der Waals surface area contributed by atoms with Gasteiger partial charge >= 0.3 is 5.97 Å². The van der Waals surface area contributed by atoms with Gasteiger partial charge in [-0.1, -0.05) is 38.1 Å². The number of carbonyl (C=O) groups is 3. The number of nitrogens with one attached hydrogen (secondary N) is 1. The molecule has 3 aliphatic rings. The van der Waals surface area contributed by atoms with E-state index >= 15 is 0 Å². The third-order valence-corrected chi connectivity index (χ3v) is 6.11. The molecule has 7 heteroatoms. The number of carbonyl (C=O) groups excluding carboxylic acids is 3. The lowest BCUT2D eigenvalue weighted by Gasteiger charge is -2.44. The summed E-state index contributed by atoms with van der Waals surface area (Å²) in [6.07, 6.45) is 2.20. The number of ketones is 1. The molecule has 0 aromatic heterocycles. The van der Waals surface area contributed by atoms with E-state index in [0.29, 0.717) is 23.4 Å². The van der Waals surface area contributed by atoms with Gasteiger partial charge in [0.15, 0.2) is 11.7 Å². The van der Waals surface area contributed by atoms with E-state index in [9.17, 15) is 14.4 Å². The number of anilines is 1. The highest BCUT2D eigenvalue weighted by atomic mass is 16.5. The van der Waals surface area contributed by atoms with E-state index in [2.05, 4.69) is 6.58 Å². The van der Waals surface area contributed by atoms with Crippen LogP contribution in [0, 0.1) is 16.7 Å². The smallest absolute Gasteiger partial charge is 0.319 e. The molecular weight excluding hydrogens is 384 g/mol. The van der Waals surface area contributed by atoms with Crippen LogP contribution in [0.3, 0.4) is 0 Å². The molecule has 30 heavy (non-hydrogen) atoms. The van der Waals surface area contributed by atoms with Gasteiger partial charge in [-0.05, 0) is 17.0 Å². The first-order chi connectivity index (χ1) is 14.2. The first-order valence-electron chi connectivity index (χ1n) is 9.82. The molecule has 1 aromatic rings. The monoisotopic (exact) mass is 408 g/mol. The maximum Gasteiger partial charge on any atom is 0.319 e. The van der Waals surface area contributed by atoms with Crippen molar-refractivity contribution in [3.05, 3.63) is 53.8 Å². The molecule has 0 fully saturated rings. The molecule has 0 saturated carbocycles. The van der Waals surface area contributed by atoms with Crippen LogP contribution in [0.5, 0.6) is 0 Å². The Morgan fingerprint density at radius 1 is 1.33 bits per heavy atom. The lowest BCUT2D eigenvalue weighted by molar-refractivity contribution is -0.148. The van der Waals surface area contributed by atoms with E-state index < -0.39 is 23.2 Å². The summed E-state index contributed by atoms with van der Waals surface area (Å²) in [4.78, 5) is 41.8. The van der Waals surface area contributed by atoms with Crippen LogP contribution in [-0.2, 0) is 29.3 Å². The Bertz CT molecular complexity index is 1040. The molecule has 2 atom stereocenters. The van der Waals surface area contributed by atoms with Crippen LogP contribution in [0.1, 0.15) is 32.3 Å². The Labute approximate surface area is 174 Å². The Kier molecular flexibility index (Phi) is 4.45. The fraction of sp³-hybridized carbons (Fsp3) is 0.391. The third kappa shape index (κ3) is 2.51. The second-order valence-electron chi connectivity index (χ2n) is 8.69. The van der Waals surface area contributed by atoms with Crippen molar-refractivity contribution in [3.63, 3.8) is 0 Å². The van der Waals surface area contributed by atoms with Crippen LogP contribution in [-0.4, -0.2) is 37.2 Å². The van der Waals surface area contributed by atoms with Gasteiger partial charge in [-0.25, -0.2) is 0 Å². The molecule has 1 N–H and O–H groups in total. The number of benzene rings is 1. The molecule has 2 aliphatic heterocycles. The zero-order valence-corrected chi connectivity index (χ0v) is 17.3. The maximum absolute atomic E-state index is 14.0. The van der Waals surface area contributed by atoms with Gasteiger partial charge in [0.05, 0.1) is 12.7 Å². The number of nitrogens with zero attached hydrogens (tertiary/aromatic N) is 1. The second kappa shape index (κ2) is 6.65. The fourth-order valence-corrected chi connectivity index (χ4v) is 5.04. The Morgan fingerprint density at radius 3 is 2.70 bits per heavy atom. The number of Topliss-reactive ketones (excluding diaryl/α,β-unsaturated/α-hetero) is 1. The number of allylic oxidation sites excluding steroid dienone is 1. The number of hydrogen-bond donors (Lipinski definition) is 1. The van der Waals surface area contributed by atoms with Crippen molar-refractivity contribution in [2.75, 3.05) is 18.6 Å². The van der Waals surface area contributed by atoms with E-state index in [-0.39, 0.29) is 35.6 Å². The average molecular weight is 408 g/mol. The highest BCUT2D eigenvalue weighted by Crippen LogP contribution is 2.57. The number of rotatable bonds is 3. The molecule has 0 radical (unpaired) electrons. The molecule has 1 aromatic carbocycles. The number of hydrogen-bond acceptors (Lipinski definition) is 6. The van der Waals surface area contributed by atoms with Crippen LogP contribution in [0.25, 0.3) is 0 Å². The number of ether oxygens (including phenoxy) is 2. The molecule has 2 heterocycles. The van der Waals surface area contributed by atoms with Crippen molar-refractivity contribution in [1.29, 1.82) is 5.41 Å². The summed E-state index contributed by atoms with van der Waals surface area (Å²) in [6, 6.07) is 7.06. The Hall–Kier alpha value is -3.22. The summed E-state index contributed by atoms with van der Waals surface area (Å²) in [5, 5.41) is 8.53. The van der Waals surface area contributed by atoms with Gasteiger partial charge in [0.2, 0.25) is 11.8 Å². The van der Waals surface area contributed by atoms with Gasteiger partial charge in [0, 0.05) is 25.1 Å². The lowest BCUT2D eigenvalue weighted by Crippen LogP contribution is -2.58. The van der Waals surface area contributed by atoms with Crippen molar-refractivity contribution >= 4 is 29.2 Å². The van der Waals surface area contributed by atoms with Crippen molar-refractivity contribution in [3.8, 4) is 0 Å². The maximum atomic E-state index is 14.0. The number of esters is 1. The highest BCUT2D eigenvalue weighted by Gasteiger charge is 2.67. The van der Waals surface area contributed by atoms with E-state index in [0.717, 1.165) is 0 Å². The predicted octanol–water partition coefficient (Wildman–Crippen LogP) is 2.90. The minimum atomic E-state index is -1.68. The van der Waals surface area contributed by atoms with E-state index in [1.807, 2.05) is 13.8 Å². The van der Waals surface area contributed by atoms with Crippen LogP contribution in [0.15, 0.2) is 48.3 Å². The normalized spacial score (nSPS) is 27.0. The van der Waals surface area contributed by atoms with Gasteiger partial charge in [-0.2, -0.15) is 0 Å². The quantitative estimate of drug-likeness (QED) is 0.613. The molecule has 1 amide bonds. The topological polar surface area (TPSA) is 96.8 Å². The van der Waals surface area contributed by atoms with Gasteiger partial charge in [0.1, 0.15) is 11.2 Å². The number of methoxy groups -OCH3 is 1. The average Bonchev–Trinajstić information content (AvgIpc) is 2.90. The van der Waals surface area contributed by atoms with Crippen molar-refractivity contribution in [2.24, 2.45) is 11.3 Å². The van der Waals surface area contributed by atoms with Crippen LogP contribution >= 0.6 is 0 Å². The van der Waals surface area contributed by atoms with Crippen LogP contribution in [0.2, 0.25) is 0 Å². The zero-order valence-electron chi connectivity index (χ0n) is 17.3. The summed E-state index contributed by atoms with van der Waals surface area (Å²) in [7, 11) is 1.20. The van der Waals surface area contributed by atoms with Crippen molar-refractivity contribution in [1.82, 2.24) is 0 Å². The molecule has 1 spiro atoms. The number of para-hydroxylation sites is 1. The fourth-order valence-electron chi connectivity index (χ4n) is 5.04. The summed E-state index contributed by atoms with van der Waals surface area (Å²) >= 11 is 0. The molecule has 7 nitrogen and oxygen atoms in total. The summed E-state index contributed by atoms with van der Waals surface area (Å²) in [5.41, 5.74) is -0.767. The molecule has 156 valence electrons. The summed E-state index contributed by atoms with van der Waals surface area (Å²) in [6.45, 7) is 7.82. The highest BCUT2D eigenvalue weighted by molar-refractivity contribution is 6.23. The Balaban J connectivity index is 2.10. The number of fused-ring (bicyclic) bond motifs is 3. The molecule has 0 bridgehead atoms. The van der Waals surface area contributed by atoms with Gasteiger partial charge in [-0.15, -0.1) is 6.58 Å². The van der Waals surface area contributed by atoms with Crippen LogP contribution in [0.4, 0.5) is 5.69 Å². The van der Waals surface area contributed by atoms with E-state index in [1.165, 1.54) is 12.0 Å². The molecule has 1 aliphatic carbocycles. The molecular formula is C23H24N2O5. The second-order valence-corrected chi connectivity index (χ2v) is 8.69. The van der Waals surface area contributed by atoms with Crippen molar-refractivity contribution < 1.29 is 23.9 Å². The van der Waals surface area contributed by atoms with E-state index in [4.69, 9.17) is 14.9 Å². The van der Waals surface area contributed by atoms with E-state index in [1.54, 1.807) is 30.3 Å². The van der Waals surface area contributed by atoms with Gasteiger partial charge < -0.3 is 14.4 Å². The minimum absolute atomic E-state index is 0.178. The summed E-state index contributed by atoms with van der Waals surface area (Å²) in [5.74, 6) is -2.93. The first kappa shape index (κ1) is 20.1. The standard InChI is InChI=1S/C23H24N2O5/c1-5-10-25-14-9-7-6-8-13(14)23(21(25)28)17-15(26)11-22(2,3)12-16(17)30-19(24)18(23)20(27)29-4/h5-9,18,24H,1,10-12H2,2-4H3. The number of amides is 1. The van der Waals surface area contributed by atoms with Gasteiger partial charge in [0.25, 0.3) is 0 Å². The zero-order chi connectivity index (χ0) is 21.8. The molecule has 4 rings (SSSR count). The molecule has 2 unspecified atom stereocenters. The van der Waals surface area contributed by atoms with Crippen LogP contribution < -0.4 is 4.90 Å². The first-order valence-corrected chi connectivity index (χ1v) is 9.82. The van der Waals surface area contributed by atoms with Gasteiger partial charge in [-0.3, -0.25) is 19.8 Å². The minimum Gasteiger partial charge on any atom is -0.468 e. The SMILES string of the molecule is C=CCN1C(=O)C2(C3=C(CC(C)(C)CC3=O)OC(=N)C2C(=O)OC)c2ccccc21. The predicted molar refractivity (Wildman–Crippen MR) is 110 cm³/mol. The third-order valence-electron chi connectivity index (χ3n) is 6.11. The Morgan fingerprint density at radius 2 is 2.03 bits per heavy atom. The van der Waals surface area contributed by atoms with Crippen molar-refractivity contribution in [2.45, 2.75) is 32.1 Å².